The van der Waals surface area contributed by atoms with Crippen molar-refractivity contribution < 1.29 is 8.42 Å². The summed E-state index contributed by atoms with van der Waals surface area (Å²) in [4.78, 5) is 3.77. The molecule has 0 saturated heterocycles. The maximum Gasteiger partial charge on any atom is 0.282 e. The van der Waals surface area contributed by atoms with Crippen LogP contribution in [0.4, 0.5) is 11.5 Å². The Morgan fingerprint density at radius 2 is 2.17 bits per heavy atom. The Labute approximate surface area is 105 Å². The summed E-state index contributed by atoms with van der Waals surface area (Å²) in [5.41, 5.74) is 6.52. The van der Waals surface area contributed by atoms with Gasteiger partial charge in [-0.2, -0.15) is 13.5 Å². The lowest BCUT2D eigenvalue weighted by Crippen LogP contribution is -2.16. The zero-order valence-corrected chi connectivity index (χ0v) is 10.8. The van der Waals surface area contributed by atoms with Gasteiger partial charge in [-0.15, -0.1) is 0 Å². The average Bonchev–Trinajstić information content (AvgIpc) is 2.57. The molecule has 0 aliphatic heterocycles. The smallest absolute Gasteiger partial charge is 0.282 e. The molecule has 2 heterocycles. The Hall–Kier alpha value is -2.09. The van der Waals surface area contributed by atoms with Crippen LogP contribution in [0.1, 0.15) is 5.69 Å². The Balaban J connectivity index is 2.36. The van der Waals surface area contributed by atoms with E-state index in [1.54, 1.807) is 23.9 Å². The molecular formula is C10H13N5O2S. The molecule has 0 saturated carbocycles. The molecule has 0 amide bonds. The molecule has 0 bridgehead atoms. The zero-order chi connectivity index (χ0) is 13.3. The molecule has 2 aromatic rings. The highest BCUT2D eigenvalue weighted by atomic mass is 32.2. The zero-order valence-electron chi connectivity index (χ0n) is 9.95. The van der Waals surface area contributed by atoms with Gasteiger partial charge in [0, 0.05) is 25.0 Å². The van der Waals surface area contributed by atoms with E-state index in [1.807, 2.05) is 6.92 Å². The molecule has 0 aliphatic carbocycles. The van der Waals surface area contributed by atoms with Crippen LogP contribution in [0, 0.1) is 6.92 Å². The monoisotopic (exact) mass is 267 g/mol. The van der Waals surface area contributed by atoms with Crippen molar-refractivity contribution in [3.8, 4) is 0 Å². The summed E-state index contributed by atoms with van der Waals surface area (Å²) in [5.74, 6) is 0.236. The average molecular weight is 267 g/mol. The molecule has 8 heteroatoms. The summed E-state index contributed by atoms with van der Waals surface area (Å²) in [7, 11) is -2.08. The Morgan fingerprint density at radius 1 is 1.44 bits per heavy atom. The van der Waals surface area contributed by atoms with Gasteiger partial charge in [0.15, 0.2) is 10.8 Å². The summed E-state index contributed by atoms with van der Waals surface area (Å²) in [6.07, 6.45) is 1.37. The number of anilines is 2. The van der Waals surface area contributed by atoms with Crippen LogP contribution < -0.4 is 10.5 Å². The van der Waals surface area contributed by atoms with E-state index in [0.717, 1.165) is 5.69 Å². The minimum absolute atomic E-state index is 0.0950. The van der Waals surface area contributed by atoms with Gasteiger partial charge in [0.05, 0.1) is 5.69 Å². The topological polar surface area (TPSA) is 103 Å². The summed E-state index contributed by atoms with van der Waals surface area (Å²) >= 11 is 0. The highest BCUT2D eigenvalue weighted by Gasteiger charge is 2.20. The Kier molecular flexibility index (Phi) is 2.95. The Morgan fingerprint density at radius 3 is 2.72 bits per heavy atom. The third-order valence-corrected chi connectivity index (χ3v) is 3.74. The molecule has 0 radical (unpaired) electrons. The highest BCUT2D eigenvalue weighted by molar-refractivity contribution is 7.92. The van der Waals surface area contributed by atoms with Crippen LogP contribution in [0.2, 0.25) is 0 Å². The maximum atomic E-state index is 12.0. The van der Waals surface area contributed by atoms with Gasteiger partial charge >= 0.3 is 0 Å². The molecule has 96 valence electrons. The summed E-state index contributed by atoms with van der Waals surface area (Å²) in [6, 6.07) is 4.67. The highest BCUT2D eigenvalue weighted by Crippen LogP contribution is 2.18. The first-order valence-corrected chi connectivity index (χ1v) is 6.62. The number of hydrogen-bond donors (Lipinski definition) is 2. The number of pyridine rings is 1. The van der Waals surface area contributed by atoms with Crippen LogP contribution in [0.5, 0.6) is 0 Å². The first-order valence-electron chi connectivity index (χ1n) is 5.14. The van der Waals surface area contributed by atoms with E-state index in [1.165, 1.54) is 12.3 Å². The van der Waals surface area contributed by atoms with Gasteiger partial charge in [-0.25, -0.2) is 4.98 Å². The molecule has 7 nitrogen and oxygen atoms in total. The molecule has 0 fully saturated rings. The van der Waals surface area contributed by atoms with E-state index in [9.17, 15) is 8.42 Å². The number of rotatable bonds is 3. The minimum Gasteiger partial charge on any atom is -0.396 e. The SMILES string of the molecule is Cc1cc(NS(=O)(=O)c2ncccc2N)nn1C. The van der Waals surface area contributed by atoms with E-state index in [0.29, 0.717) is 0 Å². The number of nitrogen functional groups attached to an aromatic ring is 1. The lowest BCUT2D eigenvalue weighted by Gasteiger charge is -2.06. The number of nitrogens with zero attached hydrogens (tertiary/aromatic N) is 3. The van der Waals surface area contributed by atoms with Crippen molar-refractivity contribution in [3.63, 3.8) is 0 Å². The van der Waals surface area contributed by atoms with Gasteiger partial charge in [-0.05, 0) is 19.1 Å². The molecular weight excluding hydrogens is 254 g/mol. The van der Waals surface area contributed by atoms with Crippen molar-refractivity contribution in [1.29, 1.82) is 0 Å². The third kappa shape index (κ3) is 2.28. The standard InChI is InChI=1S/C10H13N5O2S/c1-7-6-9(13-15(7)2)14-18(16,17)10-8(11)4-3-5-12-10/h3-6H,11H2,1-2H3,(H,13,14). The molecule has 0 unspecified atom stereocenters. The fourth-order valence-electron chi connectivity index (χ4n) is 1.42. The fourth-order valence-corrected chi connectivity index (χ4v) is 2.47. The summed E-state index contributed by atoms with van der Waals surface area (Å²) in [5, 5.41) is 3.81. The van der Waals surface area contributed by atoms with Gasteiger partial charge in [-0.1, -0.05) is 0 Å². The van der Waals surface area contributed by atoms with Gasteiger partial charge in [0.2, 0.25) is 0 Å². The van der Waals surface area contributed by atoms with Crippen molar-refractivity contribution in [2.45, 2.75) is 11.9 Å². The first-order chi connectivity index (χ1) is 8.40. The summed E-state index contributed by atoms with van der Waals surface area (Å²) < 4.78 is 28.0. The van der Waals surface area contributed by atoms with Crippen molar-refractivity contribution in [3.05, 3.63) is 30.1 Å². The van der Waals surface area contributed by atoms with Crippen molar-refractivity contribution in [2.75, 3.05) is 10.5 Å². The normalized spacial score (nSPS) is 11.4. The number of hydrogen-bond acceptors (Lipinski definition) is 5. The number of aryl methyl sites for hydroxylation is 2. The van der Waals surface area contributed by atoms with Crippen LogP contribution in [0.25, 0.3) is 0 Å². The lowest BCUT2D eigenvalue weighted by atomic mass is 10.4. The molecule has 0 atom stereocenters. The number of nitrogens with one attached hydrogen (secondary N) is 1. The van der Waals surface area contributed by atoms with Crippen LogP contribution in [0.3, 0.4) is 0 Å². The van der Waals surface area contributed by atoms with Crippen molar-refractivity contribution >= 4 is 21.5 Å². The molecule has 0 spiro atoms. The maximum absolute atomic E-state index is 12.0. The number of sulfonamides is 1. The number of aromatic nitrogens is 3. The van der Waals surface area contributed by atoms with E-state index >= 15 is 0 Å². The van der Waals surface area contributed by atoms with Crippen LogP contribution in [-0.2, 0) is 17.1 Å². The second kappa shape index (κ2) is 4.30. The largest absolute Gasteiger partial charge is 0.396 e. The second-order valence-electron chi connectivity index (χ2n) is 3.80. The van der Waals surface area contributed by atoms with Crippen molar-refractivity contribution in [2.24, 2.45) is 7.05 Å². The minimum atomic E-state index is -3.81. The van der Waals surface area contributed by atoms with Crippen LogP contribution in [-0.4, -0.2) is 23.2 Å². The lowest BCUT2D eigenvalue weighted by molar-refractivity contribution is 0.597. The molecule has 2 rings (SSSR count). The van der Waals surface area contributed by atoms with Gasteiger partial charge in [-0.3, -0.25) is 9.40 Å². The van der Waals surface area contributed by atoms with E-state index in [4.69, 9.17) is 5.73 Å². The third-order valence-electron chi connectivity index (χ3n) is 2.41. The Bertz CT molecular complexity index is 658. The molecule has 2 aromatic heterocycles. The fraction of sp³-hybridized carbons (Fsp3) is 0.200. The van der Waals surface area contributed by atoms with Crippen molar-refractivity contribution in [1.82, 2.24) is 14.8 Å². The van der Waals surface area contributed by atoms with Gasteiger partial charge < -0.3 is 5.73 Å². The van der Waals surface area contributed by atoms with Crippen LogP contribution >= 0.6 is 0 Å². The molecule has 0 aliphatic rings. The van der Waals surface area contributed by atoms with Crippen LogP contribution in [0.15, 0.2) is 29.4 Å². The predicted molar refractivity (Wildman–Crippen MR) is 67.4 cm³/mol. The van der Waals surface area contributed by atoms with E-state index in [2.05, 4.69) is 14.8 Å². The summed E-state index contributed by atoms with van der Waals surface area (Å²) in [6.45, 7) is 1.82. The quantitative estimate of drug-likeness (QED) is 0.843. The predicted octanol–water partition coefficient (Wildman–Crippen LogP) is 0.507. The second-order valence-corrected chi connectivity index (χ2v) is 5.40. The molecule has 18 heavy (non-hydrogen) atoms. The van der Waals surface area contributed by atoms with Gasteiger partial charge in [0.1, 0.15) is 0 Å². The van der Waals surface area contributed by atoms with E-state index in [-0.39, 0.29) is 16.5 Å². The number of nitrogens with two attached hydrogens (primary N) is 1. The van der Waals surface area contributed by atoms with E-state index < -0.39 is 10.0 Å². The van der Waals surface area contributed by atoms with Gasteiger partial charge in [0.25, 0.3) is 10.0 Å². The molecule has 3 N–H and O–H groups in total. The molecule has 0 aromatic carbocycles. The first kappa shape index (κ1) is 12.4.